The number of methoxy groups -OCH3 is 1. The summed E-state index contributed by atoms with van der Waals surface area (Å²) in [5, 5.41) is 22.5. The van der Waals surface area contributed by atoms with E-state index in [1.165, 1.54) is 0 Å². The molecule has 3 aliphatic rings. The van der Waals surface area contributed by atoms with Crippen molar-refractivity contribution in [3.8, 4) is 5.75 Å². The molecule has 2 fully saturated rings. The number of aliphatic hydroxyl groups excluding tert-OH is 1. The average molecular weight is 422 g/mol. The second-order valence-corrected chi connectivity index (χ2v) is 8.39. The highest BCUT2D eigenvalue weighted by Gasteiger charge is 2.50. The van der Waals surface area contributed by atoms with Crippen LogP contribution in [0.15, 0.2) is 52.4 Å². The van der Waals surface area contributed by atoms with Crippen molar-refractivity contribution in [3.63, 3.8) is 0 Å². The van der Waals surface area contributed by atoms with Crippen molar-refractivity contribution < 1.29 is 19.7 Å². The van der Waals surface area contributed by atoms with Crippen LogP contribution in [0.2, 0.25) is 0 Å². The topological polar surface area (TPSA) is 98.0 Å². The van der Waals surface area contributed by atoms with Crippen LogP contribution in [-0.4, -0.2) is 64.8 Å². The minimum absolute atomic E-state index is 0.173. The van der Waals surface area contributed by atoms with E-state index in [2.05, 4.69) is 9.98 Å². The summed E-state index contributed by atoms with van der Waals surface area (Å²) < 4.78 is 5.25. The van der Waals surface area contributed by atoms with Gasteiger partial charge >= 0.3 is 0 Å². The first kappa shape index (κ1) is 20.1. The molecule has 0 radical (unpaired) electrons. The molecule has 2 atom stereocenters. The third-order valence-electron chi connectivity index (χ3n) is 6.31. The van der Waals surface area contributed by atoms with Gasteiger partial charge in [0.05, 0.1) is 17.8 Å². The fourth-order valence-electron chi connectivity index (χ4n) is 4.13. The number of carbonyl (C=O) groups excluding carboxylic acids is 1. The summed E-state index contributed by atoms with van der Waals surface area (Å²) in [5.41, 5.74) is 0.623. The maximum atomic E-state index is 12.3. The minimum Gasteiger partial charge on any atom is -0.497 e. The molecule has 2 aliphatic heterocycles. The predicted octanol–water partition coefficient (Wildman–Crippen LogP) is 0.307. The number of hydrogen-bond donors (Lipinski definition) is 2. The standard InChI is InChI=1S/C23H26N4O4/c1-31-17-6-7-18-19(14-17)25-20(24-18)15-2-4-16(5-3-15)21(28)26-10-12-27(13-11-26)22(29)23(30)8-9-23/h2-7,14,20-21,28,30H,8-13H2,1H3. The summed E-state index contributed by atoms with van der Waals surface area (Å²) in [4.78, 5) is 25.3. The molecule has 1 amide bonds. The second kappa shape index (κ2) is 7.71. The molecular formula is C23H26N4O4. The Morgan fingerprint density at radius 1 is 1.06 bits per heavy atom. The van der Waals surface area contributed by atoms with Crippen LogP contribution < -0.4 is 15.5 Å². The average Bonchev–Trinajstić information content (AvgIpc) is 3.42. The first-order valence-corrected chi connectivity index (χ1v) is 10.6. The third kappa shape index (κ3) is 3.82. The van der Waals surface area contributed by atoms with E-state index in [9.17, 15) is 15.0 Å². The predicted molar refractivity (Wildman–Crippen MR) is 112 cm³/mol. The van der Waals surface area contributed by atoms with Crippen molar-refractivity contribution in [2.45, 2.75) is 30.8 Å². The zero-order valence-corrected chi connectivity index (χ0v) is 17.4. The van der Waals surface area contributed by atoms with E-state index in [0.717, 1.165) is 27.6 Å². The van der Waals surface area contributed by atoms with Gasteiger partial charge in [-0.25, -0.2) is 0 Å². The van der Waals surface area contributed by atoms with E-state index in [4.69, 9.17) is 4.74 Å². The van der Waals surface area contributed by atoms with Gasteiger partial charge in [-0.15, -0.1) is 0 Å². The highest BCUT2D eigenvalue weighted by atomic mass is 16.5. The number of piperazine rings is 1. The van der Waals surface area contributed by atoms with E-state index in [1.54, 1.807) is 12.0 Å². The van der Waals surface area contributed by atoms with E-state index in [0.29, 0.717) is 39.0 Å². The molecule has 0 aromatic heterocycles. The fraction of sp³-hybridized carbons (Fsp3) is 0.435. The summed E-state index contributed by atoms with van der Waals surface area (Å²) in [6.07, 6.45) is 0.0728. The first-order valence-electron chi connectivity index (χ1n) is 10.6. The van der Waals surface area contributed by atoms with Gasteiger partial charge in [-0.3, -0.25) is 19.7 Å². The molecule has 1 saturated heterocycles. The minimum atomic E-state index is -1.13. The van der Waals surface area contributed by atoms with Crippen molar-refractivity contribution in [2.75, 3.05) is 33.3 Å². The zero-order chi connectivity index (χ0) is 21.6. The van der Waals surface area contributed by atoms with E-state index in [-0.39, 0.29) is 12.1 Å². The Morgan fingerprint density at radius 2 is 1.74 bits per heavy atom. The SMILES string of the molecule is COc1ccc2c(c1)=NC(c1ccc(C(O)N3CCN(C(=O)C4(O)CC4)CC3)cc1)N=2. The molecule has 1 aliphatic carbocycles. The largest absolute Gasteiger partial charge is 0.497 e. The van der Waals surface area contributed by atoms with Crippen molar-refractivity contribution in [2.24, 2.45) is 9.98 Å². The molecule has 31 heavy (non-hydrogen) atoms. The van der Waals surface area contributed by atoms with Crippen molar-refractivity contribution in [1.29, 1.82) is 0 Å². The van der Waals surface area contributed by atoms with Crippen LogP contribution in [0.4, 0.5) is 0 Å². The quantitative estimate of drug-likeness (QED) is 0.723. The smallest absolute Gasteiger partial charge is 0.254 e. The summed E-state index contributed by atoms with van der Waals surface area (Å²) in [6, 6.07) is 13.4. The molecule has 2 N–H and O–H groups in total. The lowest BCUT2D eigenvalue weighted by Crippen LogP contribution is -2.52. The normalized spacial score (nSPS) is 22.8. The first-order chi connectivity index (χ1) is 15.0. The van der Waals surface area contributed by atoms with Crippen LogP contribution in [-0.2, 0) is 4.79 Å². The summed E-state index contributed by atoms with van der Waals surface area (Å²) in [6.45, 7) is 2.15. The van der Waals surface area contributed by atoms with E-state index >= 15 is 0 Å². The highest BCUT2D eigenvalue weighted by Crippen LogP contribution is 2.37. The van der Waals surface area contributed by atoms with Gasteiger partial charge in [0.1, 0.15) is 17.6 Å². The molecule has 2 aromatic rings. The Kier molecular flexibility index (Phi) is 5.00. The van der Waals surface area contributed by atoms with Gasteiger partial charge in [-0.1, -0.05) is 24.3 Å². The third-order valence-corrected chi connectivity index (χ3v) is 6.31. The Bertz CT molecular complexity index is 1110. The lowest BCUT2D eigenvalue weighted by atomic mass is 10.1. The Balaban J connectivity index is 1.23. The second-order valence-electron chi connectivity index (χ2n) is 8.39. The van der Waals surface area contributed by atoms with Gasteiger partial charge in [-0.05, 0) is 36.1 Å². The van der Waals surface area contributed by atoms with Crippen LogP contribution in [0.1, 0.15) is 36.4 Å². The number of nitrogens with zero attached hydrogens (tertiary/aromatic N) is 4. The highest BCUT2D eigenvalue weighted by molar-refractivity contribution is 5.87. The lowest BCUT2D eigenvalue weighted by molar-refractivity contribution is -0.146. The molecule has 8 heteroatoms. The van der Waals surface area contributed by atoms with E-state index in [1.807, 2.05) is 47.4 Å². The number of hydrogen-bond acceptors (Lipinski definition) is 7. The molecule has 5 rings (SSSR count). The fourth-order valence-corrected chi connectivity index (χ4v) is 4.13. The van der Waals surface area contributed by atoms with Gasteiger partial charge in [0.15, 0.2) is 6.17 Å². The van der Waals surface area contributed by atoms with Crippen LogP contribution in [0.5, 0.6) is 5.75 Å². The molecule has 2 unspecified atom stereocenters. The van der Waals surface area contributed by atoms with Gasteiger partial charge in [0.2, 0.25) is 0 Å². The monoisotopic (exact) mass is 422 g/mol. The van der Waals surface area contributed by atoms with Gasteiger partial charge in [0, 0.05) is 32.2 Å². The zero-order valence-electron chi connectivity index (χ0n) is 17.4. The number of amides is 1. The van der Waals surface area contributed by atoms with Crippen LogP contribution in [0.25, 0.3) is 0 Å². The van der Waals surface area contributed by atoms with E-state index < -0.39 is 11.8 Å². The molecular weight excluding hydrogens is 396 g/mol. The maximum Gasteiger partial charge on any atom is 0.254 e. The number of fused-ring (bicyclic) bond motifs is 1. The Hall–Kier alpha value is -2.81. The lowest BCUT2D eigenvalue weighted by Gasteiger charge is -2.38. The number of ether oxygens (including phenoxy) is 1. The van der Waals surface area contributed by atoms with Crippen molar-refractivity contribution in [3.05, 3.63) is 64.3 Å². The van der Waals surface area contributed by atoms with Gasteiger partial charge in [-0.2, -0.15) is 0 Å². The Labute approximate surface area is 180 Å². The maximum absolute atomic E-state index is 12.3. The molecule has 8 nitrogen and oxygen atoms in total. The molecule has 0 bridgehead atoms. The number of carbonyl (C=O) groups is 1. The summed E-state index contributed by atoms with van der Waals surface area (Å²) in [7, 11) is 1.63. The molecule has 1 saturated carbocycles. The number of aliphatic hydroxyl groups is 2. The van der Waals surface area contributed by atoms with Crippen molar-refractivity contribution >= 4 is 5.91 Å². The number of rotatable bonds is 5. The van der Waals surface area contributed by atoms with Crippen LogP contribution in [0.3, 0.4) is 0 Å². The summed E-state index contributed by atoms with van der Waals surface area (Å²) >= 11 is 0. The number of benzene rings is 2. The van der Waals surface area contributed by atoms with Crippen LogP contribution in [0, 0.1) is 0 Å². The Morgan fingerprint density at radius 3 is 2.39 bits per heavy atom. The molecule has 2 aromatic carbocycles. The van der Waals surface area contributed by atoms with Crippen molar-refractivity contribution in [1.82, 2.24) is 9.80 Å². The molecule has 162 valence electrons. The van der Waals surface area contributed by atoms with Gasteiger partial charge in [0.25, 0.3) is 5.91 Å². The molecule has 2 heterocycles. The van der Waals surface area contributed by atoms with Gasteiger partial charge < -0.3 is 19.8 Å². The molecule has 0 spiro atoms. The van der Waals surface area contributed by atoms with Crippen LogP contribution >= 0.6 is 0 Å². The summed E-state index contributed by atoms with van der Waals surface area (Å²) in [5.74, 6) is 0.582.